The molecule has 0 spiro atoms. The third kappa shape index (κ3) is 5.93. The number of hydrogen-bond donors (Lipinski definition) is 0. The van der Waals surface area contributed by atoms with Gasteiger partial charge in [-0.05, 0) is 0 Å². The van der Waals surface area contributed by atoms with Crippen molar-refractivity contribution in [2.45, 2.75) is 20.0 Å². The van der Waals surface area contributed by atoms with Crippen molar-refractivity contribution in [3.8, 4) is 0 Å². The van der Waals surface area contributed by atoms with Gasteiger partial charge in [0.05, 0.1) is 0 Å². The Kier molecular flexibility index (Phi) is 10.5. The Morgan fingerprint density at radius 1 is 1.23 bits per heavy atom. The third-order valence-electron chi connectivity index (χ3n) is 1.20. The van der Waals surface area contributed by atoms with Gasteiger partial charge in [-0.15, -0.1) is 24.8 Å². The van der Waals surface area contributed by atoms with E-state index in [1.54, 1.807) is 0 Å². The maximum absolute atomic E-state index is 11.8. The van der Waals surface area contributed by atoms with E-state index in [0.29, 0.717) is 6.42 Å². The molecule has 77 valence electrons. The zero-order valence-electron chi connectivity index (χ0n) is 5.81. The summed E-state index contributed by atoms with van der Waals surface area (Å²) < 4.78 is 36.4. The van der Waals surface area contributed by atoms with Crippen LogP contribution in [0.15, 0.2) is 21.0 Å². The number of alkyl halides is 3. The minimum absolute atomic E-state index is 0. The van der Waals surface area contributed by atoms with Crippen molar-refractivity contribution in [3.63, 3.8) is 0 Å². The number of halogens is 5. The van der Waals surface area contributed by atoms with Crippen LogP contribution in [-0.4, -0.2) is 6.18 Å². The van der Waals surface area contributed by atoms with Gasteiger partial charge < -0.3 is 0 Å². The Morgan fingerprint density at radius 3 is 1.85 bits per heavy atom. The van der Waals surface area contributed by atoms with Crippen LogP contribution >= 0.6 is 24.8 Å². The Balaban J connectivity index is -0.000000333. The van der Waals surface area contributed by atoms with Crippen molar-refractivity contribution in [3.05, 3.63) is 21.0 Å². The molecule has 0 saturated heterocycles. The van der Waals surface area contributed by atoms with Crippen LogP contribution in [0.2, 0.25) is 0 Å². The fourth-order valence-corrected chi connectivity index (χ4v) is 1.36. The van der Waals surface area contributed by atoms with Crippen LogP contribution in [0.25, 0.3) is 0 Å². The molecule has 1 aliphatic rings. The van der Waals surface area contributed by atoms with Gasteiger partial charge in [-0.25, -0.2) is 0 Å². The normalized spacial score (nSPS) is 14.3. The van der Waals surface area contributed by atoms with Crippen molar-refractivity contribution in [1.29, 1.82) is 0 Å². The summed E-state index contributed by atoms with van der Waals surface area (Å²) in [6.45, 7) is 0. The predicted molar refractivity (Wildman–Crippen MR) is 48.1 cm³/mol. The van der Waals surface area contributed by atoms with Crippen LogP contribution in [0.5, 0.6) is 0 Å². The summed E-state index contributed by atoms with van der Waals surface area (Å²) in [5.41, 5.74) is -0.487. The van der Waals surface area contributed by atoms with Gasteiger partial charge in [0.25, 0.3) is 0 Å². The molecule has 0 unspecified atom stereocenters. The quantitative estimate of drug-likeness (QED) is 0.638. The summed E-state index contributed by atoms with van der Waals surface area (Å²) in [5, 5.41) is 0. The molecule has 0 aromatic carbocycles. The predicted octanol–water partition coefficient (Wildman–Crippen LogP) is 3.79. The average Bonchev–Trinajstić information content (AvgIpc) is 2.11. The second-order valence-electron chi connectivity index (χ2n) is 2.03. The first-order chi connectivity index (χ1) is 4.50. The Bertz CT molecular complexity index is 208. The topological polar surface area (TPSA) is 0 Å². The monoisotopic (exact) mass is 311 g/mol. The van der Waals surface area contributed by atoms with Crippen LogP contribution in [0.3, 0.4) is 0 Å². The third-order valence-corrected chi connectivity index (χ3v) is 2.06. The maximum atomic E-state index is 11.8. The SMILES string of the molecule is C.Cl.Cl.FC(F)(F)C1=CC[C]([Zr])=C1. The zero-order valence-corrected chi connectivity index (χ0v) is 9.90. The summed E-state index contributed by atoms with van der Waals surface area (Å²) in [5.74, 6) is 0. The van der Waals surface area contributed by atoms with Gasteiger partial charge in [-0.3, -0.25) is 0 Å². The van der Waals surface area contributed by atoms with Crippen LogP contribution in [-0.2, 0) is 24.7 Å². The molecule has 0 radical (unpaired) electrons. The van der Waals surface area contributed by atoms with Crippen molar-refractivity contribution in [2.75, 3.05) is 0 Å². The second-order valence-corrected chi connectivity index (χ2v) is 3.61. The van der Waals surface area contributed by atoms with E-state index < -0.39 is 11.7 Å². The molecule has 0 nitrogen and oxygen atoms in total. The molecule has 0 bridgehead atoms. The van der Waals surface area contributed by atoms with Gasteiger partial charge in [-0.1, -0.05) is 7.43 Å². The Hall–Kier alpha value is 0.733. The Labute approximate surface area is 103 Å². The molecule has 1 aliphatic carbocycles. The first-order valence-corrected chi connectivity index (χ1v) is 3.92. The molecular formula is C7H10Cl2F3Zr. The molecule has 0 N–H and O–H groups in total. The zero-order chi connectivity index (χ0) is 7.78. The molecule has 0 aromatic rings. The van der Waals surface area contributed by atoms with E-state index in [2.05, 4.69) is 0 Å². The number of hydrogen-bond acceptors (Lipinski definition) is 0. The summed E-state index contributed by atoms with van der Waals surface area (Å²) in [6.07, 6.45) is -1.21. The average molecular weight is 313 g/mol. The van der Waals surface area contributed by atoms with E-state index in [-0.39, 0.29) is 32.2 Å². The molecule has 0 aliphatic heterocycles. The van der Waals surface area contributed by atoms with Gasteiger partial charge in [-0.2, -0.15) is 0 Å². The van der Waals surface area contributed by atoms with Crippen molar-refractivity contribution in [1.82, 2.24) is 0 Å². The van der Waals surface area contributed by atoms with Crippen LogP contribution in [0.4, 0.5) is 13.2 Å². The minimum atomic E-state index is -4.14. The Morgan fingerprint density at radius 2 is 1.69 bits per heavy atom. The first kappa shape index (κ1) is 19.3. The van der Waals surface area contributed by atoms with Gasteiger partial charge in [0.1, 0.15) is 0 Å². The first-order valence-electron chi connectivity index (χ1n) is 2.69. The summed E-state index contributed by atoms with van der Waals surface area (Å²) >= 11 is 1.07. The summed E-state index contributed by atoms with van der Waals surface area (Å²) in [4.78, 5) is 0. The van der Waals surface area contributed by atoms with Crippen LogP contribution < -0.4 is 0 Å². The molecule has 6 heteroatoms. The molecular weight excluding hydrogens is 303 g/mol. The van der Waals surface area contributed by atoms with E-state index in [1.165, 1.54) is 12.2 Å². The van der Waals surface area contributed by atoms with E-state index in [1.807, 2.05) is 0 Å². The van der Waals surface area contributed by atoms with Crippen LogP contribution in [0, 0.1) is 0 Å². The van der Waals surface area contributed by atoms with Gasteiger partial charge >= 0.3 is 71.5 Å². The van der Waals surface area contributed by atoms with E-state index in [0.717, 1.165) is 28.0 Å². The van der Waals surface area contributed by atoms with E-state index >= 15 is 0 Å². The molecule has 0 heterocycles. The van der Waals surface area contributed by atoms with Gasteiger partial charge in [0.15, 0.2) is 0 Å². The molecule has 1 rings (SSSR count). The van der Waals surface area contributed by atoms with Crippen molar-refractivity contribution in [2.24, 2.45) is 0 Å². The molecule has 0 amide bonds. The number of rotatable bonds is 0. The molecule has 0 saturated carbocycles. The van der Waals surface area contributed by atoms with Gasteiger partial charge in [0.2, 0.25) is 0 Å². The fraction of sp³-hybridized carbons (Fsp3) is 0.429. The standard InChI is InChI=1S/C6H4F3.CH4.2ClH.Zr/c7-6(8,9)5-3-1-2-4-5;;;;/h3-4H,1H2;1H4;2*1H;. The van der Waals surface area contributed by atoms with E-state index in [4.69, 9.17) is 0 Å². The van der Waals surface area contributed by atoms with Crippen molar-refractivity contribution < 1.29 is 37.9 Å². The van der Waals surface area contributed by atoms with Gasteiger partial charge in [0, 0.05) is 0 Å². The second kappa shape index (κ2) is 7.08. The summed E-state index contributed by atoms with van der Waals surface area (Å²) in [7, 11) is 0. The summed E-state index contributed by atoms with van der Waals surface area (Å²) in [6, 6.07) is 0. The van der Waals surface area contributed by atoms with E-state index in [9.17, 15) is 13.2 Å². The van der Waals surface area contributed by atoms with Crippen molar-refractivity contribution >= 4 is 24.8 Å². The van der Waals surface area contributed by atoms with Crippen LogP contribution in [0.1, 0.15) is 13.8 Å². The molecule has 0 fully saturated rings. The molecule has 13 heavy (non-hydrogen) atoms. The fourth-order valence-electron chi connectivity index (χ4n) is 0.723. The molecule has 0 aromatic heterocycles. The molecule has 0 atom stereocenters. The number of allylic oxidation sites excluding steroid dienone is 4.